The van der Waals surface area contributed by atoms with Gasteiger partial charge in [-0.3, -0.25) is 4.79 Å². The molecule has 0 bridgehead atoms. The number of hydrogen-bond acceptors (Lipinski definition) is 11. The number of carbonyl (C=O) groups excluding carboxylic acids is 3. The van der Waals surface area contributed by atoms with Crippen molar-refractivity contribution in [3.63, 3.8) is 0 Å². The van der Waals surface area contributed by atoms with Crippen LogP contribution in [0.2, 0.25) is 0 Å². The molecule has 0 aliphatic rings. The number of carbonyl (C=O) groups is 4. The van der Waals surface area contributed by atoms with Crippen LogP contribution in [0, 0.1) is 11.8 Å². The second-order valence-electron chi connectivity index (χ2n) is 10.1. The van der Waals surface area contributed by atoms with E-state index >= 15 is 0 Å². The number of hydrogen-bond donors (Lipinski definition) is 2. The largest absolute Gasteiger partial charge is 0.513 e. The van der Waals surface area contributed by atoms with Crippen LogP contribution in [0.15, 0.2) is 18.2 Å². The molecule has 0 amide bonds. The first kappa shape index (κ1) is 33.5. The number of rotatable bonds is 15. The number of ether oxygens (including phenoxy) is 6. The molecule has 12 heteroatoms. The first-order chi connectivity index (χ1) is 18.2. The Morgan fingerprint density at radius 1 is 0.872 bits per heavy atom. The molecule has 1 rings (SSSR count). The lowest BCUT2D eigenvalue weighted by atomic mass is 9.86. The number of carboxylic acids is 1. The van der Waals surface area contributed by atoms with Crippen molar-refractivity contribution in [1.29, 1.82) is 0 Å². The Balaban J connectivity index is 3.10. The highest BCUT2D eigenvalue weighted by Gasteiger charge is 2.37. The number of unbranched alkanes of at least 4 members (excludes halogenated alkanes) is 1. The fourth-order valence-electron chi connectivity index (χ4n) is 3.19. The molecular weight excluding hydrogens is 514 g/mol. The van der Waals surface area contributed by atoms with Gasteiger partial charge in [0.15, 0.2) is 11.5 Å². The van der Waals surface area contributed by atoms with Gasteiger partial charge in [0, 0.05) is 12.8 Å². The third-order valence-corrected chi connectivity index (χ3v) is 5.08. The Hall–Kier alpha value is -3.54. The van der Waals surface area contributed by atoms with E-state index in [0.29, 0.717) is 12.0 Å². The maximum Gasteiger partial charge on any atom is 0.513 e. The van der Waals surface area contributed by atoms with Crippen LogP contribution in [0.1, 0.15) is 66.4 Å². The van der Waals surface area contributed by atoms with Gasteiger partial charge in [-0.05, 0) is 42.9 Å². The van der Waals surface area contributed by atoms with E-state index in [1.54, 1.807) is 0 Å². The molecular formula is C27H41NO11. The lowest BCUT2D eigenvalue weighted by Crippen LogP contribution is -2.52. The van der Waals surface area contributed by atoms with Crippen molar-refractivity contribution >= 4 is 24.4 Å². The lowest BCUT2D eigenvalue weighted by Gasteiger charge is -2.28. The summed E-state index contributed by atoms with van der Waals surface area (Å²) >= 11 is 0. The molecule has 1 aromatic rings. The Morgan fingerprint density at radius 2 is 1.44 bits per heavy atom. The quantitative estimate of drug-likeness (QED) is 0.127. The minimum atomic E-state index is -1.86. The summed E-state index contributed by atoms with van der Waals surface area (Å²) in [6.45, 7) is 11.2. The average molecular weight is 556 g/mol. The predicted octanol–water partition coefficient (Wildman–Crippen LogP) is 5.09. The topological polar surface area (TPSA) is 170 Å². The molecule has 2 atom stereocenters. The van der Waals surface area contributed by atoms with Gasteiger partial charge >= 0.3 is 24.4 Å². The van der Waals surface area contributed by atoms with E-state index in [9.17, 15) is 24.3 Å². The van der Waals surface area contributed by atoms with Gasteiger partial charge in [-0.15, -0.1) is 0 Å². The molecule has 0 heterocycles. The highest BCUT2D eigenvalue weighted by atomic mass is 16.7. The Morgan fingerprint density at radius 3 is 1.95 bits per heavy atom. The van der Waals surface area contributed by atoms with E-state index in [0.717, 1.165) is 6.42 Å². The summed E-state index contributed by atoms with van der Waals surface area (Å²) in [6, 6.07) is 4.10. The van der Waals surface area contributed by atoms with E-state index in [1.807, 2.05) is 34.6 Å². The lowest BCUT2D eigenvalue weighted by molar-refractivity contribution is -0.144. The van der Waals surface area contributed by atoms with Crippen molar-refractivity contribution in [3.8, 4) is 11.5 Å². The van der Waals surface area contributed by atoms with Crippen LogP contribution < -0.4 is 15.2 Å². The normalized spacial score (nSPS) is 13.3. The maximum atomic E-state index is 12.2. The number of aliphatic carboxylic acids is 1. The SMILES string of the molecule is CCCCOC(=O)O[C@@H](C)CC(N)(Cc1ccc(OC(=O)OCC(C)C)c(OC(=O)OCC(C)C)c1)C(=O)O. The summed E-state index contributed by atoms with van der Waals surface area (Å²) < 4.78 is 30.6. The highest BCUT2D eigenvalue weighted by molar-refractivity contribution is 5.79. The van der Waals surface area contributed by atoms with E-state index in [-0.39, 0.29) is 56.0 Å². The van der Waals surface area contributed by atoms with Crippen LogP contribution in [0.25, 0.3) is 0 Å². The number of carboxylic acid groups (broad SMARTS) is 1. The Bertz CT molecular complexity index is 963. The first-order valence-corrected chi connectivity index (χ1v) is 12.9. The van der Waals surface area contributed by atoms with Crippen molar-refractivity contribution in [2.45, 2.75) is 78.9 Å². The van der Waals surface area contributed by atoms with Crippen LogP contribution in [0.3, 0.4) is 0 Å². The molecule has 0 aliphatic carbocycles. The third-order valence-electron chi connectivity index (χ3n) is 5.08. The van der Waals surface area contributed by atoms with Gasteiger partial charge in [-0.25, -0.2) is 14.4 Å². The number of benzene rings is 1. The molecule has 0 aliphatic heterocycles. The fraction of sp³-hybridized carbons (Fsp3) is 0.630. The minimum Gasteiger partial charge on any atom is -0.480 e. The molecule has 1 unspecified atom stereocenters. The summed E-state index contributed by atoms with van der Waals surface area (Å²) in [5, 5.41) is 9.88. The van der Waals surface area contributed by atoms with E-state index in [1.165, 1.54) is 25.1 Å². The fourth-order valence-corrected chi connectivity index (χ4v) is 3.19. The van der Waals surface area contributed by atoms with Crippen molar-refractivity contribution in [2.24, 2.45) is 17.6 Å². The smallest absolute Gasteiger partial charge is 0.480 e. The molecule has 220 valence electrons. The van der Waals surface area contributed by atoms with Crippen LogP contribution in [0.4, 0.5) is 14.4 Å². The van der Waals surface area contributed by atoms with Gasteiger partial charge in [-0.2, -0.15) is 0 Å². The van der Waals surface area contributed by atoms with Gasteiger partial charge in [0.25, 0.3) is 0 Å². The van der Waals surface area contributed by atoms with Crippen molar-refractivity contribution in [3.05, 3.63) is 23.8 Å². The van der Waals surface area contributed by atoms with E-state index < -0.39 is 36.1 Å². The summed E-state index contributed by atoms with van der Waals surface area (Å²) in [7, 11) is 0. The zero-order chi connectivity index (χ0) is 29.6. The Labute approximate surface area is 229 Å². The number of nitrogens with two attached hydrogens (primary N) is 1. The van der Waals surface area contributed by atoms with Crippen LogP contribution in [-0.4, -0.2) is 61.0 Å². The second-order valence-corrected chi connectivity index (χ2v) is 10.1. The van der Waals surface area contributed by atoms with Gasteiger partial charge in [0.1, 0.15) is 11.6 Å². The maximum absolute atomic E-state index is 12.2. The zero-order valence-electron chi connectivity index (χ0n) is 23.5. The standard InChI is InChI=1S/C27H41NO11/c1-7-8-11-34-24(31)37-19(6)13-27(28,23(29)30)14-20-9-10-21(38-25(32)35-15-17(2)3)22(12-20)39-26(33)36-16-18(4)5/h9-10,12,17-19H,7-8,11,13-16,28H2,1-6H3,(H,29,30)/t19-,27?/m0/s1. The predicted molar refractivity (Wildman–Crippen MR) is 140 cm³/mol. The molecule has 0 saturated heterocycles. The monoisotopic (exact) mass is 555 g/mol. The van der Waals surface area contributed by atoms with Gasteiger partial charge in [-0.1, -0.05) is 47.1 Å². The van der Waals surface area contributed by atoms with Crippen molar-refractivity contribution in [1.82, 2.24) is 0 Å². The molecule has 0 aromatic heterocycles. The minimum absolute atomic E-state index is 0.0483. The van der Waals surface area contributed by atoms with Crippen LogP contribution in [-0.2, 0) is 30.2 Å². The van der Waals surface area contributed by atoms with Gasteiger partial charge in [0.05, 0.1) is 19.8 Å². The molecule has 0 spiro atoms. The van der Waals surface area contributed by atoms with Crippen molar-refractivity contribution < 1.29 is 52.7 Å². The molecule has 12 nitrogen and oxygen atoms in total. The zero-order valence-corrected chi connectivity index (χ0v) is 23.5. The molecule has 0 saturated carbocycles. The molecule has 3 N–H and O–H groups in total. The Kier molecular flexibility index (Phi) is 14.1. The second kappa shape index (κ2) is 16.4. The van der Waals surface area contributed by atoms with E-state index in [2.05, 4.69) is 0 Å². The van der Waals surface area contributed by atoms with Gasteiger partial charge in [0.2, 0.25) is 0 Å². The summed E-state index contributed by atoms with van der Waals surface area (Å²) in [5.74, 6) is -1.56. The first-order valence-electron chi connectivity index (χ1n) is 12.9. The molecule has 1 aromatic carbocycles. The average Bonchev–Trinajstić information content (AvgIpc) is 2.83. The third kappa shape index (κ3) is 13.2. The molecule has 39 heavy (non-hydrogen) atoms. The van der Waals surface area contributed by atoms with Crippen LogP contribution in [0.5, 0.6) is 11.5 Å². The molecule has 0 radical (unpaired) electrons. The summed E-state index contributed by atoms with van der Waals surface area (Å²) in [4.78, 5) is 48.3. The van der Waals surface area contributed by atoms with E-state index in [4.69, 9.17) is 34.2 Å². The van der Waals surface area contributed by atoms with Crippen molar-refractivity contribution in [2.75, 3.05) is 19.8 Å². The van der Waals surface area contributed by atoms with Crippen LogP contribution >= 0.6 is 0 Å². The highest BCUT2D eigenvalue weighted by Crippen LogP contribution is 2.31. The summed E-state index contributed by atoms with van der Waals surface area (Å²) in [6.07, 6.45) is -2.81. The summed E-state index contributed by atoms with van der Waals surface area (Å²) in [5.41, 5.74) is 4.70. The van der Waals surface area contributed by atoms with Gasteiger partial charge < -0.3 is 39.3 Å². The molecule has 0 fully saturated rings.